The maximum Gasteiger partial charge on any atom is 0.409 e. The third-order valence-corrected chi connectivity index (χ3v) is 4.79. The van der Waals surface area contributed by atoms with E-state index in [0.717, 1.165) is 30.1 Å². The summed E-state index contributed by atoms with van der Waals surface area (Å²) in [7, 11) is 0. The van der Waals surface area contributed by atoms with Gasteiger partial charge in [-0.25, -0.2) is 9.18 Å². The number of benzene rings is 2. The fraction of sp³-hybridized carbons (Fsp3) is 0. The molecule has 2 aromatic carbocycles. The fourth-order valence-corrected chi connectivity index (χ4v) is 3.33. The minimum absolute atomic E-state index is 0.0244. The Hall–Kier alpha value is -3.99. The zero-order valence-electron chi connectivity index (χ0n) is 15.0. The van der Waals surface area contributed by atoms with E-state index in [1.54, 1.807) is 12.1 Å². The van der Waals surface area contributed by atoms with Crippen LogP contribution < -0.4 is 10.6 Å². The molecule has 2 amide bonds. The smallest absolute Gasteiger partial charge is 0.409 e. The van der Waals surface area contributed by atoms with Crippen molar-refractivity contribution < 1.29 is 24.0 Å². The summed E-state index contributed by atoms with van der Waals surface area (Å²) in [6.07, 6.45) is 1.04. The van der Waals surface area contributed by atoms with Crippen molar-refractivity contribution in [3.05, 3.63) is 82.4 Å². The molecule has 0 saturated heterocycles. The predicted octanol–water partition coefficient (Wildman–Crippen LogP) is 4.62. The Morgan fingerprint density at radius 3 is 2.40 bits per heavy atom. The first-order valence-electron chi connectivity index (χ1n) is 8.30. The molecule has 0 fully saturated rings. The van der Waals surface area contributed by atoms with Crippen molar-refractivity contribution in [3.8, 4) is 0 Å². The number of amides is 2. The van der Waals surface area contributed by atoms with Crippen molar-refractivity contribution in [2.45, 2.75) is 9.79 Å². The lowest BCUT2D eigenvalue weighted by Gasteiger charge is -2.08. The highest BCUT2D eigenvalue weighted by atomic mass is 32.2. The van der Waals surface area contributed by atoms with Crippen LogP contribution in [0.25, 0.3) is 0 Å². The number of nitrogens with one attached hydrogen (secondary N) is 2. The number of halogens is 1. The van der Waals surface area contributed by atoms with Gasteiger partial charge in [0.15, 0.2) is 0 Å². The lowest BCUT2D eigenvalue weighted by atomic mass is 10.2. The Morgan fingerprint density at radius 1 is 1.03 bits per heavy atom. The molecule has 0 atom stereocenters. The van der Waals surface area contributed by atoms with Gasteiger partial charge in [0.1, 0.15) is 5.82 Å². The van der Waals surface area contributed by atoms with Crippen LogP contribution in [0.4, 0.5) is 26.2 Å². The van der Waals surface area contributed by atoms with Gasteiger partial charge in [-0.1, -0.05) is 11.8 Å². The second kappa shape index (κ2) is 9.01. The minimum atomic E-state index is -1.20. The number of anilines is 2. The Morgan fingerprint density at radius 2 is 1.77 bits per heavy atom. The van der Waals surface area contributed by atoms with E-state index in [1.807, 2.05) is 0 Å². The molecule has 0 bridgehead atoms. The Bertz CT molecular complexity index is 1120. The summed E-state index contributed by atoms with van der Waals surface area (Å²) in [5.74, 6) is -1.28. The molecule has 1 heterocycles. The van der Waals surface area contributed by atoms with E-state index in [-0.39, 0.29) is 16.9 Å². The highest BCUT2D eigenvalue weighted by Gasteiger charge is 2.19. The number of nitro benzene ring substituents is 1. The summed E-state index contributed by atoms with van der Waals surface area (Å²) < 4.78 is 13.2. The molecule has 11 heteroatoms. The average molecular weight is 428 g/mol. The number of rotatable bonds is 6. The number of pyridine rings is 1. The minimum Gasteiger partial charge on any atom is -0.465 e. The number of carbonyl (C=O) groups is 2. The molecule has 0 spiro atoms. The van der Waals surface area contributed by atoms with Crippen LogP contribution in [0.2, 0.25) is 0 Å². The van der Waals surface area contributed by atoms with Gasteiger partial charge in [-0.05, 0) is 36.4 Å². The van der Waals surface area contributed by atoms with Crippen LogP contribution in [0.1, 0.15) is 10.4 Å². The van der Waals surface area contributed by atoms with Crippen LogP contribution in [-0.4, -0.2) is 27.0 Å². The van der Waals surface area contributed by atoms with Crippen molar-refractivity contribution in [2.24, 2.45) is 0 Å². The van der Waals surface area contributed by atoms with Gasteiger partial charge in [-0.15, -0.1) is 0 Å². The largest absolute Gasteiger partial charge is 0.465 e. The van der Waals surface area contributed by atoms with E-state index in [4.69, 9.17) is 5.11 Å². The van der Waals surface area contributed by atoms with Gasteiger partial charge >= 0.3 is 6.09 Å². The van der Waals surface area contributed by atoms with Gasteiger partial charge < -0.3 is 10.4 Å². The van der Waals surface area contributed by atoms with Crippen molar-refractivity contribution >= 4 is 40.8 Å². The summed E-state index contributed by atoms with van der Waals surface area (Å²) in [5, 5.41) is 24.8. The first-order chi connectivity index (χ1) is 14.3. The molecule has 0 unspecified atom stereocenters. The molecule has 0 radical (unpaired) electrons. The van der Waals surface area contributed by atoms with Gasteiger partial charge in [0.2, 0.25) is 0 Å². The number of hydrogen-bond acceptors (Lipinski definition) is 6. The number of carbonyl (C=O) groups excluding carboxylic acids is 1. The van der Waals surface area contributed by atoms with Gasteiger partial charge in [0, 0.05) is 28.3 Å². The van der Waals surface area contributed by atoms with E-state index in [0.29, 0.717) is 15.5 Å². The molecule has 0 aliphatic carbocycles. The predicted molar refractivity (Wildman–Crippen MR) is 107 cm³/mol. The number of nitrogens with zero attached hydrogens (tertiary/aromatic N) is 2. The second-order valence-corrected chi connectivity index (χ2v) is 6.96. The molecular weight excluding hydrogens is 415 g/mol. The molecule has 0 aliphatic rings. The van der Waals surface area contributed by atoms with Crippen LogP contribution >= 0.6 is 11.8 Å². The van der Waals surface area contributed by atoms with Crippen molar-refractivity contribution in [3.63, 3.8) is 0 Å². The lowest BCUT2D eigenvalue weighted by Crippen LogP contribution is -2.12. The molecule has 3 rings (SSSR count). The van der Waals surface area contributed by atoms with E-state index >= 15 is 0 Å². The molecule has 0 aliphatic heterocycles. The summed E-state index contributed by atoms with van der Waals surface area (Å²) >= 11 is 1.09. The van der Waals surface area contributed by atoms with Crippen LogP contribution in [-0.2, 0) is 0 Å². The SMILES string of the molecule is O=C(O)Nc1ccc(Sc2ccc(C(=O)Nc3cncc(F)c3)cc2[N+](=O)[O-])cc1. The van der Waals surface area contributed by atoms with E-state index in [1.165, 1.54) is 30.5 Å². The van der Waals surface area contributed by atoms with Crippen molar-refractivity contribution in [2.75, 3.05) is 10.6 Å². The third kappa shape index (κ3) is 5.29. The Labute approximate surface area is 173 Å². The normalized spacial score (nSPS) is 10.3. The molecule has 1 aromatic heterocycles. The highest BCUT2D eigenvalue weighted by Crippen LogP contribution is 2.36. The van der Waals surface area contributed by atoms with E-state index < -0.39 is 22.7 Å². The quantitative estimate of drug-likeness (QED) is 0.385. The van der Waals surface area contributed by atoms with Crippen molar-refractivity contribution in [1.29, 1.82) is 0 Å². The topological polar surface area (TPSA) is 134 Å². The number of carboxylic acid groups (broad SMARTS) is 1. The fourth-order valence-electron chi connectivity index (χ4n) is 2.43. The zero-order valence-corrected chi connectivity index (χ0v) is 15.9. The Balaban J connectivity index is 1.80. The molecule has 3 aromatic rings. The highest BCUT2D eigenvalue weighted by molar-refractivity contribution is 7.99. The summed E-state index contributed by atoms with van der Waals surface area (Å²) in [5.41, 5.74) is 0.227. The van der Waals surface area contributed by atoms with Gasteiger partial charge in [0.05, 0.1) is 27.9 Å². The molecule has 30 heavy (non-hydrogen) atoms. The van der Waals surface area contributed by atoms with Gasteiger partial charge in [0.25, 0.3) is 11.6 Å². The lowest BCUT2D eigenvalue weighted by molar-refractivity contribution is -0.387. The van der Waals surface area contributed by atoms with Crippen LogP contribution in [0.15, 0.2) is 70.7 Å². The molecular formula is C19H13FN4O5S. The number of hydrogen-bond donors (Lipinski definition) is 3. The molecule has 152 valence electrons. The van der Waals surface area contributed by atoms with Crippen LogP contribution in [0, 0.1) is 15.9 Å². The first-order valence-corrected chi connectivity index (χ1v) is 9.11. The van der Waals surface area contributed by atoms with Gasteiger partial charge in [-0.2, -0.15) is 0 Å². The first kappa shape index (κ1) is 20.7. The molecule has 9 nitrogen and oxygen atoms in total. The molecule has 0 saturated carbocycles. The summed E-state index contributed by atoms with van der Waals surface area (Å²) in [6.45, 7) is 0. The van der Waals surface area contributed by atoms with E-state index in [2.05, 4.69) is 15.6 Å². The van der Waals surface area contributed by atoms with Crippen molar-refractivity contribution in [1.82, 2.24) is 4.98 Å². The summed E-state index contributed by atoms with van der Waals surface area (Å²) in [6, 6.07) is 11.3. The monoisotopic (exact) mass is 428 g/mol. The van der Waals surface area contributed by atoms with Gasteiger partial charge in [-0.3, -0.25) is 25.2 Å². The second-order valence-electron chi connectivity index (χ2n) is 5.84. The number of aromatic nitrogens is 1. The zero-order chi connectivity index (χ0) is 21.7. The number of nitro groups is 1. The third-order valence-electron chi connectivity index (χ3n) is 3.71. The standard InChI is InChI=1S/C19H13FN4O5S/c20-12-8-14(10-21-9-12)22-18(25)11-1-6-17(16(7-11)24(28)29)30-15-4-2-13(3-5-15)23-19(26)27/h1-10,23H,(H,22,25)(H,26,27). The maximum absolute atomic E-state index is 13.2. The van der Waals surface area contributed by atoms with E-state index in [9.17, 15) is 24.1 Å². The summed E-state index contributed by atoms with van der Waals surface area (Å²) in [4.78, 5) is 38.4. The Kier molecular flexibility index (Phi) is 6.23. The average Bonchev–Trinajstić information content (AvgIpc) is 2.69. The maximum atomic E-state index is 13.2. The van der Waals surface area contributed by atoms with Crippen LogP contribution in [0.3, 0.4) is 0 Å². The molecule has 3 N–H and O–H groups in total. The van der Waals surface area contributed by atoms with Crippen LogP contribution in [0.5, 0.6) is 0 Å².